The Morgan fingerprint density at radius 2 is 2.27 bits per heavy atom. The van der Waals surface area contributed by atoms with E-state index in [0.29, 0.717) is 12.1 Å². The summed E-state index contributed by atoms with van der Waals surface area (Å²) in [4.78, 5) is 0. The van der Waals surface area contributed by atoms with Gasteiger partial charge in [-0.15, -0.1) is 0 Å². The molecule has 82 valence electrons. The lowest BCUT2D eigenvalue weighted by Crippen LogP contribution is -2.23. The van der Waals surface area contributed by atoms with Crippen LogP contribution in [0.25, 0.3) is 0 Å². The molecule has 1 atom stereocenters. The van der Waals surface area contributed by atoms with Crippen molar-refractivity contribution in [2.75, 3.05) is 6.54 Å². The number of halogens is 1. The molecule has 0 aliphatic carbocycles. The molecule has 4 N–H and O–H groups in total. The molecule has 0 radical (unpaired) electrons. The molecule has 0 aliphatic heterocycles. The summed E-state index contributed by atoms with van der Waals surface area (Å²) in [5, 5.41) is 17.3. The van der Waals surface area contributed by atoms with E-state index in [1.165, 1.54) is 12.1 Å². The van der Waals surface area contributed by atoms with Crippen LogP contribution in [0.5, 0.6) is 5.75 Å². The van der Waals surface area contributed by atoms with E-state index in [9.17, 15) is 9.50 Å². The van der Waals surface area contributed by atoms with E-state index in [1.807, 2.05) is 6.92 Å². The molecule has 3 nitrogen and oxygen atoms in total. The number of nitrogens with two attached hydrogens (primary N) is 1. The van der Waals surface area contributed by atoms with Gasteiger partial charge >= 0.3 is 0 Å². The van der Waals surface area contributed by atoms with E-state index in [4.69, 9.17) is 11.1 Å². The third-order valence-electron chi connectivity index (χ3n) is 2.44. The molecule has 0 amide bonds. The average Bonchev–Trinajstić information content (AvgIpc) is 2.19. The lowest BCUT2D eigenvalue weighted by Gasteiger charge is -2.14. The fraction of sp³-hybridized carbons (Fsp3) is 0.364. The minimum Gasteiger partial charge on any atom is -0.507 e. The van der Waals surface area contributed by atoms with E-state index in [2.05, 4.69) is 0 Å². The maximum absolute atomic E-state index is 12.7. The largest absolute Gasteiger partial charge is 0.507 e. The van der Waals surface area contributed by atoms with E-state index in [1.54, 1.807) is 0 Å². The molecule has 0 aromatic heterocycles. The number of aromatic hydroxyl groups is 1. The first-order valence-corrected chi connectivity index (χ1v) is 4.87. The van der Waals surface area contributed by atoms with Crippen LogP contribution in [-0.4, -0.2) is 17.4 Å². The van der Waals surface area contributed by atoms with E-state index >= 15 is 0 Å². The smallest absolute Gasteiger partial charge is 0.127 e. The van der Waals surface area contributed by atoms with Crippen LogP contribution in [0.15, 0.2) is 18.2 Å². The van der Waals surface area contributed by atoms with Gasteiger partial charge in [0, 0.05) is 29.8 Å². The van der Waals surface area contributed by atoms with Crippen LogP contribution in [0, 0.1) is 17.1 Å². The Morgan fingerprint density at radius 3 is 2.73 bits per heavy atom. The zero-order chi connectivity index (χ0) is 11.4. The maximum atomic E-state index is 12.7. The minimum atomic E-state index is -0.509. The quantitative estimate of drug-likeness (QED) is 0.664. The fourth-order valence-electron chi connectivity index (χ4n) is 1.44. The number of hydrogen-bond donors (Lipinski definition) is 3. The van der Waals surface area contributed by atoms with E-state index in [0.717, 1.165) is 12.5 Å². The van der Waals surface area contributed by atoms with Gasteiger partial charge in [-0.2, -0.15) is 0 Å². The number of nitrogens with one attached hydrogen (secondary N) is 1. The predicted molar refractivity (Wildman–Crippen MR) is 57.7 cm³/mol. The van der Waals surface area contributed by atoms with Crippen LogP contribution in [0.2, 0.25) is 0 Å². The van der Waals surface area contributed by atoms with Crippen molar-refractivity contribution in [1.82, 2.24) is 0 Å². The Kier molecular flexibility index (Phi) is 3.80. The summed E-state index contributed by atoms with van der Waals surface area (Å²) in [6.07, 6.45) is 0.728. The Labute approximate surface area is 88.2 Å². The van der Waals surface area contributed by atoms with Gasteiger partial charge in [0.1, 0.15) is 11.6 Å². The summed E-state index contributed by atoms with van der Waals surface area (Å²) in [6, 6.07) is 3.64. The second-order valence-corrected chi connectivity index (χ2v) is 3.42. The summed E-state index contributed by atoms with van der Waals surface area (Å²) in [5.41, 5.74) is 6.12. The van der Waals surface area contributed by atoms with Gasteiger partial charge in [-0.05, 0) is 18.6 Å². The number of phenols is 1. The Hall–Kier alpha value is -1.42. The third kappa shape index (κ3) is 2.53. The molecule has 4 heteroatoms. The molecule has 0 bridgehead atoms. The van der Waals surface area contributed by atoms with Crippen molar-refractivity contribution >= 4 is 5.71 Å². The molecule has 0 fully saturated rings. The second kappa shape index (κ2) is 4.89. The highest BCUT2D eigenvalue weighted by Crippen LogP contribution is 2.22. The lowest BCUT2D eigenvalue weighted by molar-refractivity contribution is 0.467. The molecule has 0 aliphatic rings. The summed E-state index contributed by atoms with van der Waals surface area (Å²) in [5.74, 6) is -0.807. The van der Waals surface area contributed by atoms with Crippen LogP contribution >= 0.6 is 0 Å². The molecular formula is C11H15FN2O. The van der Waals surface area contributed by atoms with Gasteiger partial charge in [-0.1, -0.05) is 6.92 Å². The topological polar surface area (TPSA) is 70.1 Å². The predicted octanol–water partition coefficient (Wildman–Crippen LogP) is 1.88. The van der Waals surface area contributed by atoms with Crippen LogP contribution in [0.4, 0.5) is 4.39 Å². The molecule has 1 unspecified atom stereocenters. The summed E-state index contributed by atoms with van der Waals surface area (Å²) in [7, 11) is 0. The molecule has 0 heterocycles. The zero-order valence-electron chi connectivity index (χ0n) is 8.63. The van der Waals surface area contributed by atoms with E-state index < -0.39 is 5.82 Å². The van der Waals surface area contributed by atoms with Gasteiger partial charge in [0.05, 0.1) is 0 Å². The van der Waals surface area contributed by atoms with Gasteiger partial charge in [0.15, 0.2) is 0 Å². The maximum Gasteiger partial charge on any atom is 0.127 e. The standard InChI is InChI=1S/C11H15FN2O/c1-2-7(6-13)11(14)9-4-3-8(12)5-10(9)15/h3-5,7,14-15H,2,6,13H2,1H3. The number of benzene rings is 1. The molecule has 15 heavy (non-hydrogen) atoms. The van der Waals surface area contributed by atoms with Crippen molar-refractivity contribution < 1.29 is 9.50 Å². The fourth-order valence-corrected chi connectivity index (χ4v) is 1.44. The van der Waals surface area contributed by atoms with Crippen molar-refractivity contribution in [3.8, 4) is 5.75 Å². The number of phenolic OH excluding ortho intramolecular Hbond substituents is 1. The van der Waals surface area contributed by atoms with Crippen LogP contribution in [-0.2, 0) is 0 Å². The van der Waals surface area contributed by atoms with Crippen molar-refractivity contribution in [2.24, 2.45) is 11.7 Å². The normalized spacial score (nSPS) is 12.5. The number of hydrogen-bond acceptors (Lipinski definition) is 3. The second-order valence-electron chi connectivity index (χ2n) is 3.42. The summed E-state index contributed by atoms with van der Waals surface area (Å²) in [6.45, 7) is 2.28. The van der Waals surface area contributed by atoms with Crippen LogP contribution in [0.3, 0.4) is 0 Å². The Bertz CT molecular complexity index is 362. The van der Waals surface area contributed by atoms with Gasteiger partial charge < -0.3 is 16.2 Å². The first-order valence-electron chi connectivity index (χ1n) is 4.87. The molecule has 1 aromatic carbocycles. The first kappa shape index (κ1) is 11.7. The summed E-state index contributed by atoms with van der Waals surface area (Å²) < 4.78 is 12.7. The van der Waals surface area contributed by atoms with E-state index in [-0.39, 0.29) is 17.4 Å². The van der Waals surface area contributed by atoms with Gasteiger partial charge in [0.25, 0.3) is 0 Å². The molecule has 0 saturated heterocycles. The SMILES string of the molecule is CCC(CN)C(=N)c1ccc(F)cc1O. The van der Waals surface area contributed by atoms with Crippen molar-refractivity contribution in [2.45, 2.75) is 13.3 Å². The highest BCUT2D eigenvalue weighted by molar-refractivity contribution is 6.02. The van der Waals surface area contributed by atoms with Crippen LogP contribution < -0.4 is 5.73 Å². The molecule has 0 spiro atoms. The first-order chi connectivity index (χ1) is 7.10. The molecule has 1 rings (SSSR count). The van der Waals surface area contributed by atoms with Crippen molar-refractivity contribution in [3.05, 3.63) is 29.6 Å². The van der Waals surface area contributed by atoms with Gasteiger partial charge in [0.2, 0.25) is 0 Å². The summed E-state index contributed by atoms with van der Waals surface area (Å²) >= 11 is 0. The monoisotopic (exact) mass is 210 g/mol. The van der Waals surface area contributed by atoms with Crippen molar-refractivity contribution in [3.63, 3.8) is 0 Å². The molecular weight excluding hydrogens is 195 g/mol. The van der Waals surface area contributed by atoms with Gasteiger partial charge in [-0.3, -0.25) is 0 Å². The Morgan fingerprint density at radius 1 is 1.60 bits per heavy atom. The average molecular weight is 210 g/mol. The minimum absolute atomic E-state index is 0.0960. The number of rotatable bonds is 4. The molecule has 1 aromatic rings. The lowest BCUT2D eigenvalue weighted by atomic mass is 9.94. The Balaban J connectivity index is 3.00. The van der Waals surface area contributed by atoms with Crippen LogP contribution in [0.1, 0.15) is 18.9 Å². The highest BCUT2D eigenvalue weighted by atomic mass is 19.1. The van der Waals surface area contributed by atoms with Gasteiger partial charge in [-0.25, -0.2) is 4.39 Å². The third-order valence-corrected chi connectivity index (χ3v) is 2.44. The van der Waals surface area contributed by atoms with Crippen molar-refractivity contribution in [1.29, 1.82) is 5.41 Å². The zero-order valence-corrected chi connectivity index (χ0v) is 8.63. The molecule has 0 saturated carbocycles. The highest BCUT2D eigenvalue weighted by Gasteiger charge is 2.16.